The van der Waals surface area contributed by atoms with Crippen molar-refractivity contribution in [2.75, 3.05) is 0 Å². The highest BCUT2D eigenvalue weighted by Gasteiger charge is 2.16. The molecule has 0 aliphatic carbocycles. The van der Waals surface area contributed by atoms with Crippen LogP contribution < -0.4 is 10.2 Å². The lowest BCUT2D eigenvalue weighted by atomic mass is 10.0. The van der Waals surface area contributed by atoms with E-state index in [9.17, 15) is 19.8 Å². The molecule has 7 nitrogen and oxygen atoms in total. The third kappa shape index (κ3) is 4.78. The molecule has 0 heterocycles. The second-order valence-corrected chi connectivity index (χ2v) is 7.38. The minimum absolute atomic E-state index is 0.0618. The number of ether oxygens (including phenoxy) is 1. The number of carbonyl (C=O) groups excluding carboxylic acids is 2. The van der Waals surface area contributed by atoms with E-state index in [1.807, 2.05) is 24.3 Å². The van der Waals surface area contributed by atoms with Crippen molar-refractivity contribution in [3.05, 3.63) is 101 Å². The van der Waals surface area contributed by atoms with Gasteiger partial charge in [0.1, 0.15) is 17.2 Å². The molecule has 0 aromatic heterocycles. The van der Waals surface area contributed by atoms with E-state index < -0.39 is 11.9 Å². The highest BCUT2D eigenvalue weighted by atomic mass is 35.5. The Hall–Kier alpha value is -4.36. The van der Waals surface area contributed by atoms with Crippen LogP contribution in [0.3, 0.4) is 0 Å². The van der Waals surface area contributed by atoms with Crippen molar-refractivity contribution in [1.82, 2.24) is 5.43 Å². The summed E-state index contributed by atoms with van der Waals surface area (Å²) >= 11 is 6.11. The molecule has 0 fully saturated rings. The number of phenols is 2. The number of hydrogen-bond acceptors (Lipinski definition) is 6. The van der Waals surface area contributed by atoms with Crippen molar-refractivity contribution in [2.24, 2.45) is 5.10 Å². The molecule has 0 aliphatic rings. The lowest BCUT2D eigenvalue weighted by molar-refractivity contribution is 0.0734. The summed E-state index contributed by atoms with van der Waals surface area (Å²) in [4.78, 5) is 25.0. The van der Waals surface area contributed by atoms with E-state index in [0.29, 0.717) is 5.56 Å². The fourth-order valence-corrected chi connectivity index (χ4v) is 3.42. The molecular weight excluding hydrogens is 444 g/mol. The third-order valence-corrected chi connectivity index (χ3v) is 5.14. The van der Waals surface area contributed by atoms with Crippen molar-refractivity contribution in [3.8, 4) is 17.2 Å². The first-order chi connectivity index (χ1) is 15.9. The van der Waals surface area contributed by atoms with Crippen molar-refractivity contribution in [1.29, 1.82) is 0 Å². The van der Waals surface area contributed by atoms with Gasteiger partial charge in [0.25, 0.3) is 5.91 Å². The van der Waals surface area contributed by atoms with Gasteiger partial charge >= 0.3 is 5.97 Å². The lowest BCUT2D eigenvalue weighted by Gasteiger charge is -2.11. The molecular formula is C25H17ClN2O5. The molecule has 4 aromatic carbocycles. The molecule has 1 amide bonds. The highest BCUT2D eigenvalue weighted by molar-refractivity contribution is 6.33. The molecule has 164 valence electrons. The molecule has 0 aliphatic heterocycles. The van der Waals surface area contributed by atoms with Crippen LogP contribution in [-0.4, -0.2) is 28.3 Å². The van der Waals surface area contributed by atoms with Gasteiger partial charge in [0.15, 0.2) is 0 Å². The van der Waals surface area contributed by atoms with E-state index in [-0.39, 0.29) is 33.4 Å². The molecule has 33 heavy (non-hydrogen) atoms. The predicted molar refractivity (Wildman–Crippen MR) is 125 cm³/mol. The first-order valence-electron chi connectivity index (χ1n) is 9.78. The molecule has 0 bridgehead atoms. The van der Waals surface area contributed by atoms with E-state index in [1.54, 1.807) is 36.4 Å². The minimum atomic E-state index is -0.682. The molecule has 0 atom stereocenters. The first-order valence-corrected chi connectivity index (χ1v) is 10.2. The van der Waals surface area contributed by atoms with Crippen LogP contribution in [0.25, 0.3) is 10.8 Å². The summed E-state index contributed by atoms with van der Waals surface area (Å²) in [6.07, 6.45) is 1.35. The van der Waals surface area contributed by atoms with Gasteiger partial charge in [-0.1, -0.05) is 54.1 Å². The van der Waals surface area contributed by atoms with Crippen LogP contribution in [0.4, 0.5) is 0 Å². The molecule has 4 rings (SSSR count). The van der Waals surface area contributed by atoms with Crippen LogP contribution in [-0.2, 0) is 0 Å². The van der Waals surface area contributed by atoms with Gasteiger partial charge < -0.3 is 14.9 Å². The van der Waals surface area contributed by atoms with Crippen LogP contribution in [0, 0.1) is 0 Å². The maximum Gasteiger partial charge on any atom is 0.345 e. The molecule has 0 radical (unpaired) electrons. The normalized spacial score (nSPS) is 10.9. The number of rotatable bonds is 5. The van der Waals surface area contributed by atoms with Crippen LogP contribution in [0.15, 0.2) is 84.0 Å². The number of fused-ring (bicyclic) bond motifs is 1. The maximum absolute atomic E-state index is 12.7. The average Bonchev–Trinajstić information content (AvgIpc) is 2.80. The molecule has 0 unspecified atom stereocenters. The summed E-state index contributed by atoms with van der Waals surface area (Å²) < 4.78 is 5.60. The van der Waals surface area contributed by atoms with Gasteiger partial charge in [-0.25, -0.2) is 10.2 Å². The lowest BCUT2D eigenvalue weighted by Crippen LogP contribution is -2.18. The number of hydrazone groups is 1. The molecule has 3 N–H and O–H groups in total. The van der Waals surface area contributed by atoms with Gasteiger partial charge in [-0.05, 0) is 41.1 Å². The van der Waals surface area contributed by atoms with E-state index in [2.05, 4.69) is 10.5 Å². The standard InChI is InChI=1S/C25H17ClN2O5/c26-21-8-4-3-7-18(21)25(32)33-23-12-9-15-5-1-2-6-17(15)20(23)14-27-28-24(31)19-11-10-16(29)13-22(19)30/h1-14,29-30H,(H,28,31)/b27-14-. The number of esters is 1. The van der Waals surface area contributed by atoms with Crippen LogP contribution in [0.1, 0.15) is 26.3 Å². The topological polar surface area (TPSA) is 108 Å². The summed E-state index contributed by atoms with van der Waals surface area (Å²) in [7, 11) is 0. The molecule has 8 heteroatoms. The Morgan fingerprint density at radius 2 is 1.67 bits per heavy atom. The number of nitrogens with one attached hydrogen (secondary N) is 1. The quantitative estimate of drug-likeness (QED) is 0.170. The summed E-state index contributed by atoms with van der Waals surface area (Å²) in [6.45, 7) is 0. The maximum atomic E-state index is 12.7. The highest BCUT2D eigenvalue weighted by Crippen LogP contribution is 2.28. The summed E-state index contributed by atoms with van der Waals surface area (Å²) in [6, 6.07) is 21.0. The second kappa shape index (κ2) is 9.42. The van der Waals surface area contributed by atoms with Gasteiger partial charge in [-0.3, -0.25) is 4.79 Å². The Bertz CT molecular complexity index is 1400. The minimum Gasteiger partial charge on any atom is -0.508 e. The Morgan fingerprint density at radius 3 is 2.45 bits per heavy atom. The number of nitrogens with zero attached hydrogens (tertiary/aromatic N) is 1. The summed E-state index contributed by atoms with van der Waals surface area (Å²) in [5, 5.41) is 25.1. The van der Waals surface area contributed by atoms with Gasteiger partial charge in [0.2, 0.25) is 0 Å². The Morgan fingerprint density at radius 1 is 0.909 bits per heavy atom. The zero-order valence-corrected chi connectivity index (χ0v) is 17.8. The fourth-order valence-electron chi connectivity index (χ4n) is 3.21. The number of hydrogen-bond donors (Lipinski definition) is 3. The third-order valence-electron chi connectivity index (χ3n) is 4.81. The Labute approximate surface area is 193 Å². The SMILES string of the molecule is O=C(N/N=C\c1c(OC(=O)c2ccccc2Cl)ccc2ccccc12)c1ccc(O)cc1O. The number of benzene rings is 4. The van der Waals surface area contributed by atoms with E-state index in [0.717, 1.165) is 16.8 Å². The first kappa shape index (κ1) is 21.9. The Balaban J connectivity index is 1.64. The van der Waals surface area contributed by atoms with Gasteiger partial charge in [-0.2, -0.15) is 5.10 Å². The molecule has 0 saturated carbocycles. The summed E-state index contributed by atoms with van der Waals surface area (Å²) in [5.74, 6) is -1.65. The van der Waals surface area contributed by atoms with Crippen molar-refractivity contribution >= 4 is 40.5 Å². The molecule has 0 saturated heterocycles. The number of halogens is 1. The van der Waals surface area contributed by atoms with Crippen LogP contribution in [0.2, 0.25) is 5.02 Å². The van der Waals surface area contributed by atoms with Gasteiger partial charge in [-0.15, -0.1) is 0 Å². The number of amides is 1. The molecule has 0 spiro atoms. The Kier molecular flexibility index (Phi) is 6.24. The average molecular weight is 461 g/mol. The van der Waals surface area contributed by atoms with Crippen molar-refractivity contribution in [2.45, 2.75) is 0 Å². The smallest absolute Gasteiger partial charge is 0.345 e. The van der Waals surface area contributed by atoms with E-state index in [4.69, 9.17) is 16.3 Å². The van der Waals surface area contributed by atoms with E-state index >= 15 is 0 Å². The monoisotopic (exact) mass is 460 g/mol. The fraction of sp³-hybridized carbons (Fsp3) is 0. The van der Waals surface area contributed by atoms with E-state index in [1.165, 1.54) is 18.3 Å². The van der Waals surface area contributed by atoms with Crippen LogP contribution >= 0.6 is 11.6 Å². The molecule has 4 aromatic rings. The van der Waals surface area contributed by atoms with Crippen LogP contribution in [0.5, 0.6) is 17.2 Å². The number of aromatic hydroxyl groups is 2. The second-order valence-electron chi connectivity index (χ2n) is 6.97. The predicted octanol–water partition coefficient (Wildman–Crippen LogP) is 4.89. The zero-order chi connectivity index (χ0) is 23.4. The number of carbonyl (C=O) groups is 2. The summed E-state index contributed by atoms with van der Waals surface area (Å²) in [5.41, 5.74) is 2.94. The van der Waals surface area contributed by atoms with Crippen molar-refractivity contribution < 1.29 is 24.5 Å². The van der Waals surface area contributed by atoms with Gasteiger partial charge in [0.05, 0.1) is 22.4 Å². The largest absolute Gasteiger partial charge is 0.508 e. The number of phenolic OH excluding ortho intramolecular Hbond substituents is 2. The van der Waals surface area contributed by atoms with Gasteiger partial charge in [0, 0.05) is 11.6 Å². The van der Waals surface area contributed by atoms with Crippen molar-refractivity contribution in [3.63, 3.8) is 0 Å². The zero-order valence-electron chi connectivity index (χ0n) is 17.0.